The summed E-state index contributed by atoms with van der Waals surface area (Å²) < 4.78 is 0. The number of aliphatic hydroxyl groups is 1. The van der Waals surface area contributed by atoms with Crippen molar-refractivity contribution in [2.24, 2.45) is 5.73 Å². The number of hydrogen-bond donors (Lipinski definition) is 2. The summed E-state index contributed by atoms with van der Waals surface area (Å²) in [6.07, 6.45) is 3.21. The van der Waals surface area contributed by atoms with Gasteiger partial charge >= 0.3 is 0 Å². The highest BCUT2D eigenvalue weighted by molar-refractivity contribution is 5.30. The van der Waals surface area contributed by atoms with E-state index in [1.165, 1.54) is 16.7 Å². The van der Waals surface area contributed by atoms with Gasteiger partial charge < -0.3 is 10.8 Å². The predicted molar refractivity (Wildman–Crippen MR) is 73.1 cm³/mol. The van der Waals surface area contributed by atoms with Gasteiger partial charge in [0.15, 0.2) is 0 Å². The minimum absolute atomic E-state index is 0.0780. The van der Waals surface area contributed by atoms with E-state index in [9.17, 15) is 5.11 Å². The largest absolute Gasteiger partial charge is 0.392 e. The van der Waals surface area contributed by atoms with Crippen molar-refractivity contribution in [2.45, 2.75) is 58.6 Å². The molecule has 0 heterocycles. The molecule has 2 nitrogen and oxygen atoms in total. The molecule has 2 unspecified atom stereocenters. The number of benzene rings is 1. The summed E-state index contributed by atoms with van der Waals surface area (Å²) in [4.78, 5) is 0. The van der Waals surface area contributed by atoms with Crippen LogP contribution in [0.2, 0.25) is 0 Å². The molecule has 0 saturated carbocycles. The molecule has 0 amide bonds. The van der Waals surface area contributed by atoms with E-state index in [2.05, 4.69) is 39.0 Å². The second kappa shape index (κ2) is 6.77. The molecule has 17 heavy (non-hydrogen) atoms. The van der Waals surface area contributed by atoms with Crippen LogP contribution in [0.1, 0.15) is 42.9 Å². The van der Waals surface area contributed by atoms with Gasteiger partial charge in [-0.3, -0.25) is 0 Å². The Bertz CT molecular complexity index is 349. The van der Waals surface area contributed by atoms with Crippen LogP contribution in [-0.2, 0) is 6.42 Å². The first-order chi connectivity index (χ1) is 8.04. The Morgan fingerprint density at radius 2 is 1.94 bits per heavy atom. The van der Waals surface area contributed by atoms with E-state index in [0.29, 0.717) is 0 Å². The fourth-order valence-electron chi connectivity index (χ4n) is 2.17. The second-order valence-corrected chi connectivity index (χ2v) is 4.99. The van der Waals surface area contributed by atoms with E-state index in [1.54, 1.807) is 0 Å². The predicted octanol–water partition coefficient (Wildman–Crippen LogP) is 2.72. The van der Waals surface area contributed by atoms with Gasteiger partial charge in [0.05, 0.1) is 6.10 Å². The number of aliphatic hydroxyl groups excluding tert-OH is 1. The van der Waals surface area contributed by atoms with Crippen LogP contribution >= 0.6 is 0 Å². The van der Waals surface area contributed by atoms with Gasteiger partial charge in [-0.15, -0.1) is 0 Å². The summed E-state index contributed by atoms with van der Waals surface area (Å²) in [6, 6.07) is 6.39. The molecule has 1 aromatic rings. The minimum Gasteiger partial charge on any atom is -0.392 e. The van der Waals surface area contributed by atoms with Gasteiger partial charge in [-0.2, -0.15) is 0 Å². The third-order valence-corrected chi connectivity index (χ3v) is 3.32. The van der Waals surface area contributed by atoms with Crippen molar-refractivity contribution in [3.63, 3.8) is 0 Å². The number of rotatable bonds is 6. The first-order valence-corrected chi connectivity index (χ1v) is 6.54. The molecule has 0 aliphatic rings. The molecule has 0 bridgehead atoms. The molecule has 0 radical (unpaired) electrons. The normalized spacial score (nSPS) is 14.6. The van der Waals surface area contributed by atoms with E-state index in [4.69, 9.17) is 5.73 Å². The molecule has 2 heteroatoms. The van der Waals surface area contributed by atoms with Crippen LogP contribution in [-0.4, -0.2) is 17.3 Å². The molecule has 0 aliphatic carbocycles. The summed E-state index contributed by atoms with van der Waals surface area (Å²) in [5.41, 5.74) is 9.82. The standard InChI is InChI=1S/C15H25NO/c1-4-5-14(16)15(17)9-8-13-7-6-11(2)10-12(13)3/h6-7,10,14-15,17H,4-5,8-9,16H2,1-3H3. The molecular weight excluding hydrogens is 210 g/mol. The highest BCUT2D eigenvalue weighted by Crippen LogP contribution is 2.14. The maximum atomic E-state index is 9.93. The summed E-state index contributed by atoms with van der Waals surface area (Å²) in [5.74, 6) is 0. The average molecular weight is 235 g/mol. The zero-order valence-electron chi connectivity index (χ0n) is 11.2. The smallest absolute Gasteiger partial charge is 0.0694 e. The van der Waals surface area contributed by atoms with Crippen LogP contribution in [0.5, 0.6) is 0 Å². The average Bonchev–Trinajstić information content (AvgIpc) is 2.27. The maximum absolute atomic E-state index is 9.93. The van der Waals surface area contributed by atoms with E-state index in [-0.39, 0.29) is 12.1 Å². The van der Waals surface area contributed by atoms with E-state index in [0.717, 1.165) is 25.7 Å². The zero-order valence-corrected chi connectivity index (χ0v) is 11.2. The van der Waals surface area contributed by atoms with E-state index in [1.807, 2.05) is 0 Å². The van der Waals surface area contributed by atoms with Crippen molar-refractivity contribution in [2.75, 3.05) is 0 Å². The first-order valence-electron chi connectivity index (χ1n) is 6.54. The van der Waals surface area contributed by atoms with Gasteiger partial charge in [0.25, 0.3) is 0 Å². The third-order valence-electron chi connectivity index (χ3n) is 3.32. The lowest BCUT2D eigenvalue weighted by Crippen LogP contribution is -2.34. The molecule has 0 aromatic heterocycles. The van der Waals surface area contributed by atoms with Gasteiger partial charge in [0.1, 0.15) is 0 Å². The molecule has 0 fully saturated rings. The lowest BCUT2D eigenvalue weighted by molar-refractivity contribution is 0.131. The molecule has 0 aliphatic heterocycles. The molecule has 96 valence electrons. The van der Waals surface area contributed by atoms with Crippen LogP contribution in [0.4, 0.5) is 0 Å². The quantitative estimate of drug-likeness (QED) is 0.796. The van der Waals surface area contributed by atoms with Crippen LogP contribution in [0, 0.1) is 13.8 Å². The number of aryl methyl sites for hydroxylation is 3. The molecule has 0 saturated heterocycles. The molecule has 2 atom stereocenters. The second-order valence-electron chi connectivity index (χ2n) is 4.99. The van der Waals surface area contributed by atoms with Crippen molar-refractivity contribution < 1.29 is 5.11 Å². The molecular formula is C15H25NO. The van der Waals surface area contributed by atoms with Gasteiger partial charge in [-0.25, -0.2) is 0 Å². The lowest BCUT2D eigenvalue weighted by Gasteiger charge is -2.18. The van der Waals surface area contributed by atoms with Crippen molar-refractivity contribution in [3.8, 4) is 0 Å². The van der Waals surface area contributed by atoms with E-state index < -0.39 is 0 Å². The van der Waals surface area contributed by atoms with Crippen LogP contribution in [0.3, 0.4) is 0 Å². The van der Waals surface area contributed by atoms with Crippen molar-refractivity contribution in [3.05, 3.63) is 34.9 Å². The Balaban J connectivity index is 2.49. The minimum atomic E-state index is -0.379. The Hall–Kier alpha value is -0.860. The molecule has 3 N–H and O–H groups in total. The Morgan fingerprint density at radius 1 is 1.24 bits per heavy atom. The SMILES string of the molecule is CCCC(N)C(O)CCc1ccc(C)cc1C. The van der Waals surface area contributed by atoms with Gasteiger partial charge in [-0.05, 0) is 44.2 Å². The van der Waals surface area contributed by atoms with Gasteiger partial charge in [0, 0.05) is 6.04 Å². The molecule has 1 rings (SSSR count). The summed E-state index contributed by atoms with van der Waals surface area (Å²) >= 11 is 0. The number of nitrogens with two attached hydrogens (primary N) is 1. The van der Waals surface area contributed by atoms with Gasteiger partial charge in [0.2, 0.25) is 0 Å². The molecule has 0 spiro atoms. The van der Waals surface area contributed by atoms with Gasteiger partial charge in [-0.1, -0.05) is 37.1 Å². The monoisotopic (exact) mass is 235 g/mol. The van der Waals surface area contributed by atoms with E-state index >= 15 is 0 Å². The van der Waals surface area contributed by atoms with Crippen molar-refractivity contribution >= 4 is 0 Å². The Morgan fingerprint density at radius 3 is 2.53 bits per heavy atom. The lowest BCUT2D eigenvalue weighted by atomic mass is 9.96. The fraction of sp³-hybridized carbons (Fsp3) is 0.600. The van der Waals surface area contributed by atoms with Crippen molar-refractivity contribution in [1.29, 1.82) is 0 Å². The highest BCUT2D eigenvalue weighted by Gasteiger charge is 2.13. The van der Waals surface area contributed by atoms with Crippen LogP contribution in [0.25, 0.3) is 0 Å². The zero-order chi connectivity index (χ0) is 12.8. The fourth-order valence-corrected chi connectivity index (χ4v) is 2.17. The number of hydrogen-bond acceptors (Lipinski definition) is 2. The maximum Gasteiger partial charge on any atom is 0.0694 e. The van der Waals surface area contributed by atoms with Crippen LogP contribution in [0.15, 0.2) is 18.2 Å². The highest BCUT2D eigenvalue weighted by atomic mass is 16.3. The molecule has 1 aromatic carbocycles. The summed E-state index contributed by atoms with van der Waals surface area (Å²) in [5, 5.41) is 9.93. The third kappa shape index (κ3) is 4.49. The first kappa shape index (κ1) is 14.2. The van der Waals surface area contributed by atoms with Crippen molar-refractivity contribution in [1.82, 2.24) is 0 Å². The summed E-state index contributed by atoms with van der Waals surface area (Å²) in [7, 11) is 0. The summed E-state index contributed by atoms with van der Waals surface area (Å²) in [6.45, 7) is 6.32. The topological polar surface area (TPSA) is 46.2 Å². The van der Waals surface area contributed by atoms with Crippen LogP contribution < -0.4 is 5.73 Å². The Kier molecular flexibility index (Phi) is 5.66. The Labute approximate surface area is 105 Å².